The molecule has 0 unspecified atom stereocenters. The summed E-state index contributed by atoms with van der Waals surface area (Å²) in [7, 11) is 1.53. The highest BCUT2D eigenvalue weighted by Gasteiger charge is 2.05. The Morgan fingerprint density at radius 3 is 2.68 bits per heavy atom. The number of nitrogens with zero attached hydrogens (tertiary/aromatic N) is 3. The van der Waals surface area contributed by atoms with Crippen molar-refractivity contribution in [3.63, 3.8) is 0 Å². The van der Waals surface area contributed by atoms with Crippen LogP contribution in [0, 0.1) is 0 Å². The van der Waals surface area contributed by atoms with E-state index in [1.807, 2.05) is 42.5 Å². The van der Waals surface area contributed by atoms with Crippen LogP contribution in [0.5, 0.6) is 5.75 Å². The number of benzene rings is 2. The van der Waals surface area contributed by atoms with Crippen molar-refractivity contribution in [1.29, 1.82) is 0 Å². The smallest absolute Gasteiger partial charge is 0.287 e. The van der Waals surface area contributed by atoms with Gasteiger partial charge in [-0.1, -0.05) is 41.9 Å². The number of hydrogen-bond donors (Lipinski definition) is 1. The van der Waals surface area contributed by atoms with Gasteiger partial charge in [-0.15, -0.1) is 0 Å². The van der Waals surface area contributed by atoms with Crippen molar-refractivity contribution in [3.05, 3.63) is 87.3 Å². The highest BCUT2D eigenvalue weighted by molar-refractivity contribution is 6.32. The van der Waals surface area contributed by atoms with Crippen LogP contribution in [0.3, 0.4) is 0 Å². The number of rotatable bonds is 8. The summed E-state index contributed by atoms with van der Waals surface area (Å²) in [5, 5.41) is 8.04. The van der Waals surface area contributed by atoms with Gasteiger partial charge in [-0.25, -0.2) is 4.68 Å². The lowest BCUT2D eigenvalue weighted by Gasteiger charge is -2.06. The molecule has 0 aliphatic carbocycles. The number of hydrogen-bond acceptors (Lipinski definition) is 5. The minimum atomic E-state index is -0.379. The van der Waals surface area contributed by atoms with E-state index in [0.717, 1.165) is 28.8 Å². The minimum absolute atomic E-state index is 0.0499. The molecule has 28 heavy (non-hydrogen) atoms. The van der Waals surface area contributed by atoms with Crippen molar-refractivity contribution in [1.82, 2.24) is 9.78 Å². The van der Waals surface area contributed by atoms with Gasteiger partial charge in [0.25, 0.3) is 5.56 Å². The zero-order valence-electron chi connectivity index (χ0n) is 15.5. The summed E-state index contributed by atoms with van der Waals surface area (Å²) in [5.74, 6) is 0.817. The Morgan fingerprint density at radius 2 is 1.93 bits per heavy atom. The second kappa shape index (κ2) is 9.71. The van der Waals surface area contributed by atoms with Crippen LogP contribution in [-0.2, 0) is 13.5 Å². The fourth-order valence-electron chi connectivity index (χ4n) is 2.53. The molecule has 0 atom stereocenters. The summed E-state index contributed by atoms with van der Waals surface area (Å²) < 4.78 is 6.94. The summed E-state index contributed by atoms with van der Waals surface area (Å²) in [6.45, 7) is 0.665. The van der Waals surface area contributed by atoms with E-state index in [1.165, 1.54) is 18.8 Å². The third kappa shape index (κ3) is 5.44. The highest BCUT2D eigenvalue weighted by Crippen LogP contribution is 2.15. The summed E-state index contributed by atoms with van der Waals surface area (Å²) in [6, 6.07) is 18.0. The van der Waals surface area contributed by atoms with E-state index in [4.69, 9.17) is 16.3 Å². The van der Waals surface area contributed by atoms with Crippen LogP contribution in [0.2, 0.25) is 5.02 Å². The van der Waals surface area contributed by atoms with E-state index in [9.17, 15) is 4.79 Å². The fraction of sp³-hybridized carbons (Fsp3) is 0.190. The van der Waals surface area contributed by atoms with E-state index in [0.29, 0.717) is 12.3 Å². The zero-order chi connectivity index (χ0) is 19.8. The second-order valence-corrected chi connectivity index (χ2v) is 6.56. The van der Waals surface area contributed by atoms with Crippen molar-refractivity contribution >= 4 is 23.5 Å². The molecule has 2 aromatic carbocycles. The van der Waals surface area contributed by atoms with Crippen molar-refractivity contribution < 1.29 is 4.74 Å². The maximum Gasteiger partial charge on any atom is 0.287 e. The average molecular weight is 397 g/mol. The van der Waals surface area contributed by atoms with Gasteiger partial charge < -0.3 is 4.74 Å². The van der Waals surface area contributed by atoms with E-state index in [2.05, 4.69) is 27.8 Å². The van der Waals surface area contributed by atoms with Gasteiger partial charge in [0.1, 0.15) is 16.5 Å². The SMILES string of the molecule is Cn1ncc(N/N=C\c2ccc(OCCCc3ccccc3)cc2)c(Cl)c1=O. The molecule has 0 radical (unpaired) electrons. The Morgan fingerprint density at radius 1 is 1.18 bits per heavy atom. The van der Waals surface area contributed by atoms with Crippen molar-refractivity contribution in [2.24, 2.45) is 12.1 Å². The van der Waals surface area contributed by atoms with Gasteiger partial charge in [0, 0.05) is 7.05 Å². The molecule has 144 valence electrons. The van der Waals surface area contributed by atoms with E-state index < -0.39 is 0 Å². The first kappa shape index (κ1) is 19.6. The molecule has 0 bridgehead atoms. The van der Waals surface area contributed by atoms with Crippen LogP contribution in [0.4, 0.5) is 5.69 Å². The lowest BCUT2D eigenvalue weighted by atomic mass is 10.1. The normalized spacial score (nSPS) is 10.9. The third-order valence-electron chi connectivity index (χ3n) is 4.08. The van der Waals surface area contributed by atoms with Crippen LogP contribution < -0.4 is 15.7 Å². The number of anilines is 1. The highest BCUT2D eigenvalue weighted by atomic mass is 35.5. The predicted octanol–water partition coefficient (Wildman–Crippen LogP) is 3.89. The molecule has 0 saturated heterocycles. The van der Waals surface area contributed by atoms with Gasteiger partial charge in [-0.05, 0) is 48.2 Å². The molecule has 7 heteroatoms. The molecule has 0 fully saturated rings. The number of ether oxygens (including phenoxy) is 1. The number of hydrazone groups is 1. The van der Waals surface area contributed by atoms with Gasteiger partial charge in [0.15, 0.2) is 0 Å². The van der Waals surface area contributed by atoms with Gasteiger partial charge in [0.2, 0.25) is 0 Å². The van der Waals surface area contributed by atoms with Crippen LogP contribution in [0.15, 0.2) is 70.7 Å². The Labute approximate surface area is 168 Å². The monoisotopic (exact) mass is 396 g/mol. The van der Waals surface area contributed by atoms with Crippen LogP contribution >= 0.6 is 11.6 Å². The van der Waals surface area contributed by atoms with Crippen LogP contribution in [-0.4, -0.2) is 22.6 Å². The molecule has 1 aromatic heterocycles. The fourth-order valence-corrected chi connectivity index (χ4v) is 2.74. The lowest BCUT2D eigenvalue weighted by molar-refractivity contribution is 0.311. The first-order valence-electron chi connectivity index (χ1n) is 8.91. The molecular weight excluding hydrogens is 376 g/mol. The molecular formula is C21H21ClN4O2. The summed E-state index contributed by atoms with van der Waals surface area (Å²) >= 11 is 5.97. The Hall–Kier alpha value is -3.12. The van der Waals surface area contributed by atoms with E-state index in [-0.39, 0.29) is 10.6 Å². The van der Waals surface area contributed by atoms with Gasteiger partial charge >= 0.3 is 0 Å². The number of aromatic nitrogens is 2. The lowest BCUT2D eigenvalue weighted by Crippen LogP contribution is -2.20. The topological polar surface area (TPSA) is 68.5 Å². The van der Waals surface area contributed by atoms with Gasteiger partial charge in [-0.2, -0.15) is 10.2 Å². The Kier molecular flexibility index (Phi) is 6.81. The standard InChI is InChI=1S/C21H21ClN4O2/c1-26-21(27)20(22)19(15-24-26)25-23-14-17-9-11-18(12-10-17)28-13-5-8-16-6-3-2-4-7-16/h2-4,6-7,9-12,14-15,25H,5,8,13H2,1H3/b23-14-. The van der Waals surface area contributed by atoms with Crippen LogP contribution in [0.1, 0.15) is 17.5 Å². The van der Waals surface area contributed by atoms with Crippen LogP contribution in [0.25, 0.3) is 0 Å². The molecule has 0 aliphatic rings. The van der Waals surface area contributed by atoms with Crippen molar-refractivity contribution in [2.45, 2.75) is 12.8 Å². The quantitative estimate of drug-likeness (QED) is 0.356. The van der Waals surface area contributed by atoms with Crippen molar-refractivity contribution in [2.75, 3.05) is 12.0 Å². The first-order valence-corrected chi connectivity index (χ1v) is 9.29. The first-order chi connectivity index (χ1) is 13.6. The molecule has 0 amide bonds. The Bertz CT molecular complexity index is 986. The second-order valence-electron chi connectivity index (χ2n) is 6.18. The van der Waals surface area contributed by atoms with Gasteiger partial charge in [-0.3, -0.25) is 10.2 Å². The average Bonchev–Trinajstić information content (AvgIpc) is 2.73. The van der Waals surface area contributed by atoms with Crippen molar-refractivity contribution in [3.8, 4) is 5.75 Å². The summed E-state index contributed by atoms with van der Waals surface area (Å²) in [5.41, 5.74) is 4.92. The maximum atomic E-state index is 11.7. The largest absolute Gasteiger partial charge is 0.494 e. The summed E-state index contributed by atoms with van der Waals surface area (Å²) in [4.78, 5) is 11.7. The molecule has 3 aromatic rings. The molecule has 1 heterocycles. The summed E-state index contributed by atoms with van der Waals surface area (Å²) in [6.07, 6.45) is 5.04. The minimum Gasteiger partial charge on any atom is -0.494 e. The maximum absolute atomic E-state index is 11.7. The zero-order valence-corrected chi connectivity index (χ0v) is 16.3. The molecule has 0 saturated carbocycles. The third-order valence-corrected chi connectivity index (χ3v) is 4.44. The molecule has 6 nitrogen and oxygen atoms in total. The Balaban J connectivity index is 1.47. The molecule has 3 rings (SSSR count). The van der Waals surface area contributed by atoms with E-state index >= 15 is 0 Å². The molecule has 1 N–H and O–H groups in total. The molecule has 0 spiro atoms. The predicted molar refractivity (Wildman–Crippen MR) is 112 cm³/mol. The number of aryl methyl sites for hydroxylation is 2. The van der Waals surface area contributed by atoms with Gasteiger partial charge in [0.05, 0.1) is 19.0 Å². The van der Waals surface area contributed by atoms with E-state index in [1.54, 1.807) is 6.21 Å². The number of nitrogens with one attached hydrogen (secondary N) is 1. The molecule has 0 aliphatic heterocycles. The number of halogens is 1.